The molecule has 1 aromatic carbocycles. The van der Waals surface area contributed by atoms with Crippen LogP contribution in [0.25, 0.3) is 16.7 Å². The number of alkyl halides is 2. The van der Waals surface area contributed by atoms with Crippen LogP contribution in [0, 0.1) is 6.92 Å². The van der Waals surface area contributed by atoms with E-state index in [4.69, 9.17) is 4.42 Å². The van der Waals surface area contributed by atoms with Crippen molar-refractivity contribution in [3.63, 3.8) is 0 Å². The van der Waals surface area contributed by atoms with E-state index in [1.54, 1.807) is 0 Å². The van der Waals surface area contributed by atoms with E-state index in [1.807, 2.05) is 36.1 Å². The minimum absolute atomic E-state index is 0. The number of aryl methyl sites for hydroxylation is 1. The molecule has 2 aliphatic heterocycles. The molecule has 2 bridgehead atoms. The quantitative estimate of drug-likeness (QED) is 0.366. The SMILES string of the molecule is Cc1c(C(=O)N2[C@H]3CC[C@H](c4cc(C(F)F)nc5ncnn45)[C@@H]2CC3)oc2ccccc12.S.S.S. The maximum atomic E-state index is 13.7. The molecular formula is C23H27F2N5O2S3. The Morgan fingerprint density at radius 1 is 1.11 bits per heavy atom. The Labute approximate surface area is 221 Å². The molecule has 2 fully saturated rings. The van der Waals surface area contributed by atoms with Crippen molar-refractivity contribution in [2.75, 3.05) is 0 Å². The molecule has 0 spiro atoms. The third-order valence-electron chi connectivity index (χ3n) is 7.00. The van der Waals surface area contributed by atoms with Crippen LogP contribution in [0.15, 0.2) is 41.1 Å². The van der Waals surface area contributed by atoms with Gasteiger partial charge in [-0.3, -0.25) is 4.79 Å². The highest BCUT2D eigenvalue weighted by molar-refractivity contribution is 7.59. The average Bonchev–Trinajstić information content (AvgIpc) is 3.48. The van der Waals surface area contributed by atoms with Gasteiger partial charge in [0.1, 0.15) is 17.6 Å². The first kappa shape index (κ1) is 27.3. The molecule has 0 aliphatic carbocycles. The largest absolute Gasteiger partial charge is 0.451 e. The zero-order valence-corrected chi connectivity index (χ0v) is 21.9. The number of piperidine rings is 1. The number of amides is 1. The van der Waals surface area contributed by atoms with Crippen LogP contribution in [0.1, 0.15) is 65.5 Å². The van der Waals surface area contributed by atoms with Gasteiger partial charge in [0.2, 0.25) is 0 Å². The molecule has 0 unspecified atom stereocenters. The van der Waals surface area contributed by atoms with Crippen LogP contribution in [0.5, 0.6) is 0 Å². The number of rotatable bonds is 3. The second-order valence-corrected chi connectivity index (χ2v) is 8.63. The van der Waals surface area contributed by atoms with Crippen molar-refractivity contribution in [1.82, 2.24) is 24.5 Å². The molecule has 35 heavy (non-hydrogen) atoms. The average molecular weight is 540 g/mol. The van der Waals surface area contributed by atoms with E-state index in [2.05, 4.69) is 15.1 Å². The van der Waals surface area contributed by atoms with Gasteiger partial charge in [-0.15, -0.1) is 0 Å². The molecule has 0 radical (unpaired) electrons. The number of halogens is 2. The summed E-state index contributed by atoms with van der Waals surface area (Å²) in [6.45, 7) is 1.90. The van der Waals surface area contributed by atoms with Gasteiger partial charge in [0.05, 0.1) is 5.69 Å². The minimum Gasteiger partial charge on any atom is -0.451 e. The summed E-state index contributed by atoms with van der Waals surface area (Å²) in [5, 5.41) is 5.15. The van der Waals surface area contributed by atoms with E-state index in [0.717, 1.165) is 36.6 Å². The summed E-state index contributed by atoms with van der Waals surface area (Å²) < 4.78 is 34.5. The minimum atomic E-state index is -2.70. The molecule has 0 N–H and O–H groups in total. The number of hydrogen-bond donors (Lipinski definition) is 0. The number of carbonyl (C=O) groups excluding carboxylic acids is 1. The molecule has 2 aliphatic rings. The van der Waals surface area contributed by atoms with Gasteiger partial charge < -0.3 is 9.32 Å². The van der Waals surface area contributed by atoms with Crippen molar-refractivity contribution in [1.29, 1.82) is 0 Å². The van der Waals surface area contributed by atoms with Crippen molar-refractivity contribution in [3.05, 3.63) is 59.4 Å². The summed E-state index contributed by atoms with van der Waals surface area (Å²) in [5.41, 5.74) is 1.84. The highest BCUT2D eigenvalue weighted by atomic mass is 32.1. The fraction of sp³-hybridized carbons (Fsp3) is 0.391. The Kier molecular flexibility index (Phi) is 8.07. The fourth-order valence-electron chi connectivity index (χ4n) is 5.54. The van der Waals surface area contributed by atoms with Gasteiger partial charge in [-0.25, -0.2) is 18.3 Å². The van der Waals surface area contributed by atoms with E-state index in [1.165, 1.54) is 16.9 Å². The van der Waals surface area contributed by atoms with E-state index >= 15 is 0 Å². The van der Waals surface area contributed by atoms with Crippen LogP contribution in [-0.4, -0.2) is 42.5 Å². The molecule has 1 amide bonds. The van der Waals surface area contributed by atoms with Gasteiger partial charge in [-0.2, -0.15) is 50.6 Å². The zero-order chi connectivity index (χ0) is 22.0. The Hall–Kier alpha value is -2.31. The van der Waals surface area contributed by atoms with E-state index in [0.29, 0.717) is 17.0 Å². The molecule has 188 valence electrons. The highest BCUT2D eigenvalue weighted by Gasteiger charge is 2.47. The monoisotopic (exact) mass is 539 g/mol. The lowest BCUT2D eigenvalue weighted by molar-refractivity contribution is 0.0523. The first-order chi connectivity index (χ1) is 15.5. The normalized spacial score (nSPS) is 21.0. The highest BCUT2D eigenvalue weighted by Crippen LogP contribution is 2.45. The smallest absolute Gasteiger partial charge is 0.290 e. The summed E-state index contributed by atoms with van der Waals surface area (Å²) >= 11 is 0. The molecule has 2 saturated heterocycles. The Balaban J connectivity index is 0.00000114. The predicted molar refractivity (Wildman–Crippen MR) is 143 cm³/mol. The number of hydrogen-bond acceptors (Lipinski definition) is 5. The lowest BCUT2D eigenvalue weighted by atomic mass is 9.86. The number of nitrogens with zero attached hydrogens (tertiary/aromatic N) is 5. The number of fused-ring (bicyclic) bond motifs is 4. The van der Waals surface area contributed by atoms with Crippen molar-refractivity contribution >= 4 is 63.1 Å². The maximum absolute atomic E-state index is 13.7. The van der Waals surface area contributed by atoms with Crippen LogP contribution in [-0.2, 0) is 0 Å². The van der Waals surface area contributed by atoms with Gasteiger partial charge in [-0.1, -0.05) is 18.2 Å². The van der Waals surface area contributed by atoms with Crippen LogP contribution < -0.4 is 0 Å². The van der Waals surface area contributed by atoms with Crippen LogP contribution in [0.2, 0.25) is 0 Å². The number of furan rings is 1. The topological polar surface area (TPSA) is 76.5 Å². The first-order valence-electron chi connectivity index (χ1n) is 10.8. The predicted octanol–water partition coefficient (Wildman–Crippen LogP) is 5.01. The molecule has 3 aromatic heterocycles. The molecule has 3 atom stereocenters. The second-order valence-electron chi connectivity index (χ2n) is 8.63. The summed E-state index contributed by atoms with van der Waals surface area (Å²) in [6.07, 6.45) is 1.91. The van der Waals surface area contributed by atoms with Gasteiger partial charge in [-0.05, 0) is 44.7 Å². The second kappa shape index (κ2) is 10.4. The van der Waals surface area contributed by atoms with Gasteiger partial charge >= 0.3 is 0 Å². The molecule has 7 nitrogen and oxygen atoms in total. The zero-order valence-electron chi connectivity index (χ0n) is 18.9. The van der Waals surface area contributed by atoms with Gasteiger partial charge in [0.15, 0.2) is 5.76 Å². The van der Waals surface area contributed by atoms with Crippen LogP contribution in [0.3, 0.4) is 0 Å². The molecular weight excluding hydrogens is 512 g/mol. The van der Waals surface area contributed by atoms with E-state index in [-0.39, 0.29) is 75.9 Å². The van der Waals surface area contributed by atoms with E-state index in [9.17, 15) is 13.6 Å². The van der Waals surface area contributed by atoms with Crippen molar-refractivity contribution < 1.29 is 18.0 Å². The third-order valence-corrected chi connectivity index (χ3v) is 7.00. The molecule has 6 rings (SSSR count). The molecule has 0 saturated carbocycles. The number of aromatic nitrogens is 4. The summed E-state index contributed by atoms with van der Waals surface area (Å²) in [6, 6.07) is 9.04. The standard InChI is InChI=1S/C23H21F2N5O2.3H2S/c1-12-14-4-2-3-5-19(14)32-20(12)22(31)29-13-6-8-15(17(29)9-7-13)18-10-16(21(24)25)28-23-26-11-27-30(18)23;;;/h2-5,10-11,13,15,17,21H,6-9H2,1H3;3*1H2/t13-,15-,17-;;;/m0.../s1. The summed E-state index contributed by atoms with van der Waals surface area (Å²) in [7, 11) is 0. The number of para-hydroxylation sites is 1. The summed E-state index contributed by atoms with van der Waals surface area (Å²) in [4.78, 5) is 23.6. The summed E-state index contributed by atoms with van der Waals surface area (Å²) in [5.74, 6) is 0.252. The third kappa shape index (κ3) is 4.29. The van der Waals surface area contributed by atoms with Crippen molar-refractivity contribution in [2.45, 2.75) is 57.0 Å². The van der Waals surface area contributed by atoms with Gasteiger partial charge in [0, 0.05) is 29.0 Å². The Morgan fingerprint density at radius 3 is 2.60 bits per heavy atom. The fourth-order valence-corrected chi connectivity index (χ4v) is 5.54. The Morgan fingerprint density at radius 2 is 1.86 bits per heavy atom. The van der Waals surface area contributed by atoms with Crippen molar-refractivity contribution in [3.8, 4) is 0 Å². The Bertz CT molecular complexity index is 1360. The maximum Gasteiger partial charge on any atom is 0.290 e. The van der Waals surface area contributed by atoms with E-state index < -0.39 is 6.43 Å². The lowest BCUT2D eigenvalue weighted by Crippen LogP contribution is -2.47. The van der Waals surface area contributed by atoms with Gasteiger partial charge in [0.25, 0.3) is 18.1 Å². The first-order valence-corrected chi connectivity index (χ1v) is 10.8. The number of benzene rings is 1. The molecule has 4 aromatic rings. The van der Waals surface area contributed by atoms with Crippen LogP contribution >= 0.6 is 40.5 Å². The number of carbonyl (C=O) groups is 1. The molecule has 12 heteroatoms. The molecule has 5 heterocycles. The lowest BCUT2D eigenvalue weighted by Gasteiger charge is -2.40. The van der Waals surface area contributed by atoms with Crippen molar-refractivity contribution in [2.24, 2.45) is 0 Å². The van der Waals surface area contributed by atoms with Crippen LogP contribution in [0.4, 0.5) is 8.78 Å².